The normalized spacial score (nSPS) is 10.7. The van der Waals surface area contributed by atoms with E-state index >= 15 is 0 Å². The number of methoxy groups -OCH3 is 2. The molecule has 4 rings (SSSR count). The lowest BCUT2D eigenvalue weighted by Gasteiger charge is -2.12. The Morgan fingerprint density at radius 3 is 2.32 bits per heavy atom. The number of fused-ring (bicyclic) bond motifs is 1. The predicted molar refractivity (Wildman–Crippen MR) is 108 cm³/mol. The Hall–Kier alpha value is -3.67. The molecule has 0 aliphatic rings. The predicted octanol–water partition coefficient (Wildman–Crippen LogP) is 5.20. The largest absolute Gasteiger partial charge is 0.493 e. The molecule has 5 nitrogen and oxygen atoms in total. The highest BCUT2D eigenvalue weighted by molar-refractivity contribution is 5.92. The molecule has 0 aliphatic carbocycles. The summed E-state index contributed by atoms with van der Waals surface area (Å²) in [5, 5.41) is 4.13. The molecule has 0 unspecified atom stereocenters. The van der Waals surface area contributed by atoms with Crippen LogP contribution in [-0.2, 0) is 0 Å². The first-order valence-electron chi connectivity index (χ1n) is 8.69. The molecule has 6 heteroatoms. The van der Waals surface area contributed by atoms with Crippen molar-refractivity contribution in [1.29, 1.82) is 0 Å². The molecule has 0 spiro atoms. The van der Waals surface area contributed by atoms with Gasteiger partial charge in [-0.15, -0.1) is 0 Å². The van der Waals surface area contributed by atoms with Crippen LogP contribution in [0.4, 0.5) is 15.9 Å². The first kappa shape index (κ1) is 17.7. The van der Waals surface area contributed by atoms with E-state index in [0.717, 1.165) is 22.2 Å². The second kappa shape index (κ2) is 7.52. The molecule has 4 aromatic rings. The minimum absolute atomic E-state index is 0.288. The number of hydrogen-bond donors (Lipinski definition) is 1. The lowest BCUT2D eigenvalue weighted by atomic mass is 10.1. The van der Waals surface area contributed by atoms with E-state index in [1.54, 1.807) is 26.4 Å². The van der Waals surface area contributed by atoms with Crippen LogP contribution in [-0.4, -0.2) is 24.2 Å². The molecule has 140 valence electrons. The van der Waals surface area contributed by atoms with E-state index in [2.05, 4.69) is 10.3 Å². The molecule has 0 saturated heterocycles. The Morgan fingerprint density at radius 2 is 1.57 bits per heavy atom. The number of anilines is 2. The van der Waals surface area contributed by atoms with Crippen molar-refractivity contribution in [3.05, 3.63) is 72.5 Å². The van der Waals surface area contributed by atoms with Gasteiger partial charge < -0.3 is 14.8 Å². The summed E-state index contributed by atoms with van der Waals surface area (Å²) in [7, 11) is 3.18. The maximum Gasteiger partial charge on any atom is 0.162 e. The van der Waals surface area contributed by atoms with E-state index in [4.69, 9.17) is 14.5 Å². The molecule has 0 atom stereocenters. The first-order valence-corrected chi connectivity index (χ1v) is 8.69. The Labute approximate surface area is 161 Å². The fourth-order valence-electron chi connectivity index (χ4n) is 2.95. The Kier molecular flexibility index (Phi) is 4.76. The third-order valence-corrected chi connectivity index (χ3v) is 4.35. The van der Waals surface area contributed by atoms with Gasteiger partial charge in [-0.25, -0.2) is 14.4 Å². The van der Waals surface area contributed by atoms with Gasteiger partial charge in [-0.05, 0) is 54.6 Å². The average molecular weight is 375 g/mol. The SMILES string of the molecule is COc1ccc(-c2nc(Nc3ccc(F)cc3)c3ccccc3n2)cc1OC. The zero-order valence-electron chi connectivity index (χ0n) is 15.4. The van der Waals surface area contributed by atoms with Gasteiger partial charge in [-0.2, -0.15) is 0 Å². The van der Waals surface area contributed by atoms with Crippen molar-refractivity contribution < 1.29 is 13.9 Å². The maximum absolute atomic E-state index is 13.2. The van der Waals surface area contributed by atoms with E-state index in [0.29, 0.717) is 23.1 Å². The fraction of sp³-hybridized carbons (Fsp3) is 0.0909. The number of nitrogens with zero attached hydrogens (tertiary/aromatic N) is 2. The van der Waals surface area contributed by atoms with E-state index < -0.39 is 0 Å². The third-order valence-electron chi connectivity index (χ3n) is 4.35. The quantitative estimate of drug-likeness (QED) is 0.520. The summed E-state index contributed by atoms with van der Waals surface area (Å²) in [4.78, 5) is 9.39. The summed E-state index contributed by atoms with van der Waals surface area (Å²) in [5.74, 6) is 2.14. The number of rotatable bonds is 5. The number of ether oxygens (including phenoxy) is 2. The second-order valence-corrected chi connectivity index (χ2v) is 6.11. The molecule has 0 radical (unpaired) electrons. The van der Waals surface area contributed by atoms with Crippen molar-refractivity contribution in [3.63, 3.8) is 0 Å². The van der Waals surface area contributed by atoms with Gasteiger partial charge in [0.1, 0.15) is 11.6 Å². The molecule has 3 aromatic carbocycles. The topological polar surface area (TPSA) is 56.3 Å². The van der Waals surface area contributed by atoms with Crippen LogP contribution in [0, 0.1) is 5.82 Å². The highest BCUT2D eigenvalue weighted by Gasteiger charge is 2.12. The fourth-order valence-corrected chi connectivity index (χ4v) is 2.95. The van der Waals surface area contributed by atoms with Crippen LogP contribution in [0.1, 0.15) is 0 Å². The van der Waals surface area contributed by atoms with Crippen molar-refractivity contribution >= 4 is 22.4 Å². The van der Waals surface area contributed by atoms with Crippen molar-refractivity contribution in [2.75, 3.05) is 19.5 Å². The molecule has 1 heterocycles. The molecule has 28 heavy (non-hydrogen) atoms. The lowest BCUT2D eigenvalue weighted by Crippen LogP contribution is -2.00. The minimum atomic E-state index is -0.288. The molecule has 0 amide bonds. The first-order chi connectivity index (χ1) is 13.7. The smallest absolute Gasteiger partial charge is 0.162 e. The number of hydrogen-bond acceptors (Lipinski definition) is 5. The van der Waals surface area contributed by atoms with Crippen LogP contribution in [0.2, 0.25) is 0 Å². The number of halogens is 1. The van der Waals surface area contributed by atoms with Crippen LogP contribution in [0.15, 0.2) is 66.7 Å². The van der Waals surface area contributed by atoms with Crippen molar-refractivity contribution in [2.45, 2.75) is 0 Å². The minimum Gasteiger partial charge on any atom is -0.493 e. The number of nitrogens with one attached hydrogen (secondary N) is 1. The highest BCUT2D eigenvalue weighted by Crippen LogP contribution is 2.33. The Morgan fingerprint density at radius 1 is 0.821 bits per heavy atom. The summed E-state index contributed by atoms with van der Waals surface area (Å²) in [6, 6.07) is 19.4. The van der Waals surface area contributed by atoms with Gasteiger partial charge in [0.2, 0.25) is 0 Å². The van der Waals surface area contributed by atoms with Gasteiger partial charge in [0, 0.05) is 16.6 Å². The van der Waals surface area contributed by atoms with Crippen molar-refractivity contribution in [1.82, 2.24) is 9.97 Å². The van der Waals surface area contributed by atoms with Gasteiger partial charge in [-0.3, -0.25) is 0 Å². The van der Waals surface area contributed by atoms with Crippen molar-refractivity contribution in [3.8, 4) is 22.9 Å². The average Bonchev–Trinajstić information content (AvgIpc) is 2.74. The monoisotopic (exact) mass is 375 g/mol. The van der Waals surface area contributed by atoms with E-state index in [1.807, 2.05) is 42.5 Å². The summed E-state index contributed by atoms with van der Waals surface area (Å²) in [5.41, 5.74) is 2.33. The van der Waals surface area contributed by atoms with E-state index in [9.17, 15) is 4.39 Å². The number of benzene rings is 3. The van der Waals surface area contributed by atoms with E-state index in [1.165, 1.54) is 12.1 Å². The zero-order valence-corrected chi connectivity index (χ0v) is 15.4. The highest BCUT2D eigenvalue weighted by atomic mass is 19.1. The standard InChI is InChI=1S/C22H18FN3O2/c1-27-19-12-7-14(13-20(19)28-2)21-25-18-6-4-3-5-17(18)22(26-21)24-16-10-8-15(23)9-11-16/h3-13H,1-2H3,(H,24,25,26). The van der Waals surface area contributed by atoms with E-state index in [-0.39, 0.29) is 5.82 Å². The van der Waals surface area contributed by atoms with Crippen LogP contribution in [0.25, 0.3) is 22.3 Å². The zero-order chi connectivity index (χ0) is 19.5. The lowest BCUT2D eigenvalue weighted by molar-refractivity contribution is 0.355. The van der Waals surface area contributed by atoms with Crippen LogP contribution >= 0.6 is 0 Å². The van der Waals surface area contributed by atoms with Gasteiger partial charge in [-0.1, -0.05) is 12.1 Å². The molecule has 1 aromatic heterocycles. The third kappa shape index (κ3) is 3.44. The molecular weight excluding hydrogens is 357 g/mol. The summed E-state index contributed by atoms with van der Waals surface area (Å²) < 4.78 is 23.9. The van der Waals surface area contributed by atoms with Gasteiger partial charge in [0.05, 0.1) is 19.7 Å². The molecular formula is C22H18FN3O2. The molecule has 0 aliphatic heterocycles. The summed E-state index contributed by atoms with van der Waals surface area (Å²) in [6.07, 6.45) is 0. The van der Waals surface area contributed by atoms with Gasteiger partial charge >= 0.3 is 0 Å². The van der Waals surface area contributed by atoms with Crippen LogP contribution < -0.4 is 14.8 Å². The molecule has 1 N–H and O–H groups in total. The summed E-state index contributed by atoms with van der Waals surface area (Å²) >= 11 is 0. The number of para-hydroxylation sites is 1. The Bertz CT molecular complexity index is 1130. The van der Waals surface area contributed by atoms with Gasteiger partial charge in [0.15, 0.2) is 17.3 Å². The summed E-state index contributed by atoms with van der Waals surface area (Å²) in [6.45, 7) is 0. The van der Waals surface area contributed by atoms with Crippen LogP contribution in [0.5, 0.6) is 11.5 Å². The van der Waals surface area contributed by atoms with Crippen LogP contribution in [0.3, 0.4) is 0 Å². The van der Waals surface area contributed by atoms with Crippen molar-refractivity contribution in [2.24, 2.45) is 0 Å². The molecule has 0 bridgehead atoms. The van der Waals surface area contributed by atoms with Gasteiger partial charge in [0.25, 0.3) is 0 Å². The maximum atomic E-state index is 13.2. The Balaban J connectivity index is 1.83. The molecule has 0 saturated carbocycles. The molecule has 0 fully saturated rings. The second-order valence-electron chi connectivity index (χ2n) is 6.11. The number of aromatic nitrogens is 2.